The van der Waals surface area contributed by atoms with Gasteiger partial charge in [-0.1, -0.05) is 60.6 Å². The van der Waals surface area contributed by atoms with Crippen LogP contribution in [0.15, 0.2) is 66.7 Å². The van der Waals surface area contributed by atoms with Gasteiger partial charge < -0.3 is 0 Å². The number of ketones is 1. The first-order chi connectivity index (χ1) is 9.66. The maximum Gasteiger partial charge on any atom is 0.189 e. The van der Waals surface area contributed by atoms with Crippen LogP contribution in [0.4, 0.5) is 0 Å². The van der Waals surface area contributed by atoms with Gasteiger partial charge in [0.05, 0.1) is 0 Å². The molecule has 0 N–H and O–H groups in total. The van der Waals surface area contributed by atoms with Gasteiger partial charge >= 0.3 is 0 Å². The standard InChI is InChI=1S/C18H13ClO/c1-12-10-16(14-8-5-9-15(19)11-14)17(18(12)20)13-6-3-2-4-7-13/h2-9,11H,1,10H2. The molecule has 0 saturated heterocycles. The molecule has 0 radical (unpaired) electrons. The highest BCUT2D eigenvalue weighted by atomic mass is 35.5. The van der Waals surface area contributed by atoms with Crippen molar-refractivity contribution in [3.63, 3.8) is 0 Å². The Morgan fingerprint density at radius 1 is 0.950 bits per heavy atom. The number of hydrogen-bond acceptors (Lipinski definition) is 1. The zero-order valence-corrected chi connectivity index (χ0v) is 11.7. The van der Waals surface area contributed by atoms with Crippen LogP contribution in [0, 0.1) is 0 Å². The molecule has 0 unspecified atom stereocenters. The highest BCUT2D eigenvalue weighted by Crippen LogP contribution is 2.40. The first-order valence-electron chi connectivity index (χ1n) is 6.44. The highest BCUT2D eigenvalue weighted by Gasteiger charge is 2.28. The topological polar surface area (TPSA) is 17.1 Å². The van der Waals surface area contributed by atoms with Crippen LogP contribution in [0.1, 0.15) is 17.5 Å². The first kappa shape index (κ1) is 12.9. The molecular formula is C18H13ClO. The van der Waals surface area contributed by atoms with Crippen LogP contribution in [0.2, 0.25) is 5.02 Å². The average molecular weight is 281 g/mol. The van der Waals surface area contributed by atoms with Gasteiger partial charge in [-0.2, -0.15) is 0 Å². The Bertz CT molecular complexity index is 726. The van der Waals surface area contributed by atoms with Crippen LogP contribution < -0.4 is 0 Å². The average Bonchev–Trinajstić information content (AvgIpc) is 2.76. The Labute approximate surface area is 123 Å². The Balaban J connectivity index is 2.21. The molecule has 0 saturated carbocycles. The number of hydrogen-bond donors (Lipinski definition) is 0. The van der Waals surface area contributed by atoms with Crippen molar-refractivity contribution in [2.45, 2.75) is 6.42 Å². The summed E-state index contributed by atoms with van der Waals surface area (Å²) < 4.78 is 0. The smallest absolute Gasteiger partial charge is 0.189 e. The molecule has 3 rings (SSSR count). The van der Waals surface area contributed by atoms with Crippen molar-refractivity contribution in [1.29, 1.82) is 0 Å². The van der Waals surface area contributed by atoms with Crippen molar-refractivity contribution in [1.82, 2.24) is 0 Å². The third-order valence-electron chi connectivity index (χ3n) is 3.48. The summed E-state index contributed by atoms with van der Waals surface area (Å²) in [5, 5.41) is 0.673. The number of rotatable bonds is 2. The van der Waals surface area contributed by atoms with Crippen molar-refractivity contribution < 1.29 is 4.79 Å². The van der Waals surface area contributed by atoms with Crippen LogP contribution in [-0.4, -0.2) is 5.78 Å². The van der Waals surface area contributed by atoms with Crippen molar-refractivity contribution in [3.05, 3.63) is 82.9 Å². The molecule has 98 valence electrons. The van der Waals surface area contributed by atoms with E-state index in [1.807, 2.05) is 54.6 Å². The molecule has 0 bridgehead atoms. The van der Waals surface area contributed by atoms with Crippen LogP contribution in [0.5, 0.6) is 0 Å². The minimum atomic E-state index is 0.0335. The molecule has 0 heterocycles. The molecule has 0 aromatic heterocycles. The van der Waals surface area contributed by atoms with E-state index >= 15 is 0 Å². The molecule has 2 aromatic carbocycles. The van der Waals surface area contributed by atoms with Gasteiger partial charge in [0.25, 0.3) is 0 Å². The molecule has 1 nitrogen and oxygen atoms in total. The van der Waals surface area contributed by atoms with E-state index in [9.17, 15) is 4.79 Å². The Kier molecular flexibility index (Phi) is 3.29. The predicted octanol–water partition coefficient (Wildman–Crippen LogP) is 4.78. The van der Waals surface area contributed by atoms with Crippen molar-refractivity contribution in [2.24, 2.45) is 0 Å². The summed E-state index contributed by atoms with van der Waals surface area (Å²) in [6, 6.07) is 17.3. The lowest BCUT2D eigenvalue weighted by atomic mass is 9.97. The fourth-order valence-corrected chi connectivity index (χ4v) is 2.72. The molecule has 0 atom stereocenters. The summed E-state index contributed by atoms with van der Waals surface area (Å²) >= 11 is 6.06. The van der Waals surface area contributed by atoms with Gasteiger partial charge in [0.2, 0.25) is 0 Å². The molecule has 20 heavy (non-hydrogen) atoms. The second kappa shape index (κ2) is 5.10. The summed E-state index contributed by atoms with van der Waals surface area (Å²) in [5.41, 5.74) is 4.32. The predicted molar refractivity (Wildman–Crippen MR) is 83.5 cm³/mol. The Hall–Kier alpha value is -2.12. The third-order valence-corrected chi connectivity index (χ3v) is 3.71. The van der Waals surface area contributed by atoms with Crippen molar-refractivity contribution >= 4 is 28.5 Å². The van der Waals surface area contributed by atoms with Gasteiger partial charge in [-0.25, -0.2) is 0 Å². The van der Waals surface area contributed by atoms with Crippen molar-refractivity contribution in [2.75, 3.05) is 0 Å². The number of allylic oxidation sites excluding steroid dienone is 3. The van der Waals surface area contributed by atoms with Gasteiger partial charge in [-0.3, -0.25) is 4.79 Å². The SMILES string of the molecule is C=C1CC(c2cccc(Cl)c2)=C(c2ccccc2)C1=O. The maximum absolute atomic E-state index is 12.4. The zero-order chi connectivity index (χ0) is 14.1. The lowest BCUT2D eigenvalue weighted by Gasteiger charge is -2.07. The molecule has 0 fully saturated rings. The second-order valence-electron chi connectivity index (χ2n) is 4.84. The molecule has 0 aliphatic heterocycles. The van der Waals surface area contributed by atoms with Crippen LogP contribution >= 0.6 is 11.6 Å². The van der Waals surface area contributed by atoms with E-state index in [0.29, 0.717) is 17.0 Å². The summed E-state index contributed by atoms with van der Waals surface area (Å²) in [6.07, 6.45) is 0.587. The minimum Gasteiger partial charge on any atom is -0.289 e. The van der Waals surface area contributed by atoms with Crippen LogP contribution in [0.3, 0.4) is 0 Å². The van der Waals surface area contributed by atoms with Gasteiger partial charge in [0.1, 0.15) is 0 Å². The van der Waals surface area contributed by atoms with E-state index in [1.165, 1.54) is 0 Å². The number of halogens is 1. The van der Waals surface area contributed by atoms with Crippen LogP contribution in [0.25, 0.3) is 11.1 Å². The zero-order valence-electron chi connectivity index (χ0n) is 10.9. The summed E-state index contributed by atoms with van der Waals surface area (Å²) in [7, 11) is 0. The van der Waals surface area contributed by atoms with Gasteiger partial charge in [-0.05, 0) is 34.4 Å². The summed E-state index contributed by atoms with van der Waals surface area (Å²) in [5.74, 6) is 0.0335. The molecule has 2 aromatic rings. The van der Waals surface area contributed by atoms with E-state index in [0.717, 1.165) is 22.3 Å². The highest BCUT2D eigenvalue weighted by molar-refractivity contribution is 6.38. The number of carbonyl (C=O) groups is 1. The largest absolute Gasteiger partial charge is 0.289 e. The van der Waals surface area contributed by atoms with E-state index in [2.05, 4.69) is 6.58 Å². The maximum atomic E-state index is 12.4. The molecular weight excluding hydrogens is 268 g/mol. The van der Waals surface area contributed by atoms with Crippen LogP contribution in [-0.2, 0) is 4.79 Å². The number of Topliss-reactive ketones (excluding diaryl/α,β-unsaturated/α-hetero) is 1. The Morgan fingerprint density at radius 2 is 1.65 bits per heavy atom. The summed E-state index contributed by atoms with van der Waals surface area (Å²) in [4.78, 5) is 12.4. The molecule has 0 amide bonds. The number of carbonyl (C=O) groups excluding carboxylic acids is 1. The fourth-order valence-electron chi connectivity index (χ4n) is 2.53. The van der Waals surface area contributed by atoms with Gasteiger partial charge in [0, 0.05) is 17.0 Å². The molecule has 1 aliphatic rings. The molecule has 1 aliphatic carbocycles. The van der Waals surface area contributed by atoms with Crippen molar-refractivity contribution in [3.8, 4) is 0 Å². The van der Waals surface area contributed by atoms with E-state index in [4.69, 9.17) is 11.6 Å². The second-order valence-corrected chi connectivity index (χ2v) is 5.28. The van der Waals surface area contributed by atoms with Gasteiger partial charge in [0.15, 0.2) is 5.78 Å². The lowest BCUT2D eigenvalue weighted by Crippen LogP contribution is -1.97. The van der Waals surface area contributed by atoms with Gasteiger partial charge in [-0.15, -0.1) is 0 Å². The monoisotopic (exact) mass is 280 g/mol. The summed E-state index contributed by atoms with van der Waals surface area (Å²) in [6.45, 7) is 3.88. The third kappa shape index (κ3) is 2.21. The lowest BCUT2D eigenvalue weighted by molar-refractivity contribution is -0.110. The molecule has 0 spiro atoms. The molecule has 2 heteroatoms. The van der Waals surface area contributed by atoms with E-state index < -0.39 is 0 Å². The number of benzene rings is 2. The van der Waals surface area contributed by atoms with E-state index in [-0.39, 0.29) is 5.78 Å². The fraction of sp³-hybridized carbons (Fsp3) is 0.0556. The minimum absolute atomic E-state index is 0.0335. The Morgan fingerprint density at radius 3 is 2.35 bits per heavy atom. The normalized spacial score (nSPS) is 15.1. The quantitative estimate of drug-likeness (QED) is 0.724. The van der Waals surface area contributed by atoms with E-state index in [1.54, 1.807) is 0 Å². The first-order valence-corrected chi connectivity index (χ1v) is 6.81.